The molecule has 0 saturated carbocycles. The van der Waals surface area contributed by atoms with Crippen LogP contribution in [0.5, 0.6) is 0 Å². The highest BCUT2D eigenvalue weighted by atomic mass is 35.5. The molecule has 3 N–H and O–H groups in total. The molecular formula is C27H23ClN8O. The number of pyridine rings is 2. The number of nitrogens with two attached hydrogens (primary N) is 1. The van der Waals surface area contributed by atoms with Crippen LogP contribution in [-0.2, 0) is 4.74 Å². The van der Waals surface area contributed by atoms with Gasteiger partial charge in [-0.2, -0.15) is 0 Å². The Hall–Kier alpha value is -4.34. The molecule has 0 aliphatic carbocycles. The number of aromatic nitrogens is 4. The van der Waals surface area contributed by atoms with Crippen LogP contribution < -0.4 is 10.6 Å². The molecule has 184 valence electrons. The molecule has 2 aromatic carbocycles. The first kappa shape index (κ1) is 23.1. The molecule has 1 aliphatic heterocycles. The Balaban J connectivity index is 1.74. The van der Waals surface area contributed by atoms with Crippen molar-refractivity contribution in [2.24, 2.45) is 10.7 Å². The van der Waals surface area contributed by atoms with Crippen LogP contribution >= 0.6 is 11.6 Å². The van der Waals surface area contributed by atoms with Crippen molar-refractivity contribution in [3.63, 3.8) is 0 Å². The average molecular weight is 511 g/mol. The molecular weight excluding hydrogens is 488 g/mol. The Kier molecular flexibility index (Phi) is 5.99. The van der Waals surface area contributed by atoms with Crippen LogP contribution in [0.25, 0.3) is 39.1 Å². The van der Waals surface area contributed by atoms with Gasteiger partial charge in [-0.05, 0) is 36.4 Å². The predicted octanol–water partition coefficient (Wildman–Crippen LogP) is 4.44. The van der Waals surface area contributed by atoms with Gasteiger partial charge in [0.05, 0.1) is 35.0 Å². The third-order valence-electron chi connectivity index (χ3n) is 6.43. The van der Waals surface area contributed by atoms with Crippen molar-refractivity contribution in [3.8, 4) is 17.2 Å². The zero-order valence-electron chi connectivity index (χ0n) is 19.8. The molecule has 0 radical (unpaired) electrons. The number of hydrogen-bond acceptors (Lipinski definition) is 6. The smallest absolute Gasteiger partial charge is 0.164 e. The van der Waals surface area contributed by atoms with E-state index < -0.39 is 0 Å². The first-order valence-electron chi connectivity index (χ1n) is 11.8. The molecule has 4 heterocycles. The molecule has 1 saturated heterocycles. The third kappa shape index (κ3) is 4.08. The number of amidine groups is 1. The number of morpholine rings is 1. The molecule has 5 aromatic rings. The highest BCUT2D eigenvalue weighted by Crippen LogP contribution is 2.36. The van der Waals surface area contributed by atoms with E-state index in [1.165, 1.54) is 0 Å². The highest BCUT2D eigenvalue weighted by Gasteiger charge is 2.23. The second-order valence-corrected chi connectivity index (χ2v) is 8.96. The zero-order valence-corrected chi connectivity index (χ0v) is 20.6. The number of anilines is 1. The zero-order chi connectivity index (χ0) is 25.4. The fourth-order valence-electron chi connectivity index (χ4n) is 4.73. The largest absolute Gasteiger partial charge is 0.383 e. The molecule has 0 amide bonds. The Morgan fingerprint density at radius 2 is 1.89 bits per heavy atom. The van der Waals surface area contributed by atoms with Crippen LogP contribution in [0.4, 0.5) is 5.69 Å². The van der Waals surface area contributed by atoms with Gasteiger partial charge in [-0.25, -0.2) is 9.98 Å². The van der Waals surface area contributed by atoms with Gasteiger partial charge >= 0.3 is 0 Å². The van der Waals surface area contributed by atoms with Gasteiger partial charge in [-0.1, -0.05) is 29.8 Å². The minimum atomic E-state index is 0.218. The molecule has 0 atom stereocenters. The maximum absolute atomic E-state index is 7.49. The molecule has 37 heavy (non-hydrogen) atoms. The van der Waals surface area contributed by atoms with Crippen LogP contribution in [0, 0.1) is 5.41 Å². The minimum absolute atomic E-state index is 0.218. The highest BCUT2D eigenvalue weighted by molar-refractivity contribution is 6.35. The van der Waals surface area contributed by atoms with Crippen molar-refractivity contribution in [1.29, 1.82) is 5.41 Å². The maximum atomic E-state index is 7.49. The van der Waals surface area contributed by atoms with Gasteiger partial charge in [0.25, 0.3) is 0 Å². The number of benzene rings is 2. The Morgan fingerprint density at radius 1 is 1.03 bits per heavy atom. The predicted molar refractivity (Wildman–Crippen MR) is 147 cm³/mol. The molecule has 1 aliphatic rings. The Labute approximate surface area is 217 Å². The topological polar surface area (TPSA) is 118 Å². The summed E-state index contributed by atoms with van der Waals surface area (Å²) in [6, 6.07) is 17.5. The number of nitrogens with one attached hydrogen (secondary N) is 1. The third-order valence-corrected chi connectivity index (χ3v) is 6.74. The number of rotatable bonds is 5. The molecule has 0 unspecified atom stereocenters. The molecule has 1 fully saturated rings. The van der Waals surface area contributed by atoms with E-state index in [0.717, 1.165) is 41.7 Å². The quantitative estimate of drug-likeness (QED) is 0.266. The van der Waals surface area contributed by atoms with E-state index in [9.17, 15) is 0 Å². The second-order valence-electron chi connectivity index (χ2n) is 8.56. The van der Waals surface area contributed by atoms with Crippen molar-refractivity contribution >= 4 is 51.4 Å². The van der Waals surface area contributed by atoms with E-state index in [2.05, 4.69) is 30.5 Å². The number of hydrogen-bond donors (Lipinski definition) is 2. The normalized spacial score (nSPS) is 14.4. The average Bonchev–Trinajstić information content (AvgIpc) is 3.33. The summed E-state index contributed by atoms with van der Waals surface area (Å²) >= 11 is 6.52. The number of ether oxygens (including phenoxy) is 1. The molecule has 0 spiro atoms. The standard InChI is InChI=1S/C27H23ClN8O/c28-20-5-3-4-18-22(7-9-32-24(18)20)36-23-15-17(35-10-12-37-13-11-35)14-19(26(30)33-16-29)25(23)34-27(36)21-6-1-2-8-31-21/h1-9,14-16H,10-13H2,(H3,29,30,33). The first-order valence-corrected chi connectivity index (χ1v) is 12.2. The SMILES string of the molecule is N=CN=C(N)c1cc(N2CCOCC2)cc2c1nc(-c1ccccn1)n2-c1ccnc2c(Cl)cccc12. The van der Waals surface area contributed by atoms with Crippen LogP contribution in [-0.4, -0.2) is 58.0 Å². The van der Waals surface area contributed by atoms with E-state index in [1.807, 2.05) is 48.5 Å². The van der Waals surface area contributed by atoms with E-state index in [-0.39, 0.29) is 5.84 Å². The summed E-state index contributed by atoms with van der Waals surface area (Å²) in [6.07, 6.45) is 4.43. The fraction of sp³-hybridized carbons (Fsp3) is 0.148. The van der Waals surface area contributed by atoms with Crippen LogP contribution in [0.1, 0.15) is 5.56 Å². The maximum Gasteiger partial charge on any atom is 0.164 e. The molecule has 3 aromatic heterocycles. The summed E-state index contributed by atoms with van der Waals surface area (Å²) in [5, 5.41) is 8.94. The van der Waals surface area contributed by atoms with Crippen LogP contribution in [0.15, 0.2) is 72.0 Å². The van der Waals surface area contributed by atoms with Crippen molar-refractivity contribution in [2.75, 3.05) is 31.2 Å². The molecule has 10 heteroatoms. The summed E-state index contributed by atoms with van der Waals surface area (Å²) in [7, 11) is 0. The van der Waals surface area contributed by atoms with Crippen LogP contribution in [0.2, 0.25) is 5.02 Å². The summed E-state index contributed by atoms with van der Waals surface area (Å²) < 4.78 is 7.65. The summed E-state index contributed by atoms with van der Waals surface area (Å²) in [5.41, 5.74) is 11.8. The monoisotopic (exact) mass is 510 g/mol. The molecule has 6 rings (SSSR count). The van der Waals surface area contributed by atoms with E-state index in [1.54, 1.807) is 12.4 Å². The number of aliphatic imine (C=N–C) groups is 1. The van der Waals surface area contributed by atoms with E-state index >= 15 is 0 Å². The molecule has 9 nitrogen and oxygen atoms in total. The number of imidazole rings is 1. The summed E-state index contributed by atoms with van der Waals surface area (Å²) in [6.45, 7) is 2.79. The van der Waals surface area contributed by atoms with Crippen molar-refractivity contribution in [3.05, 3.63) is 77.6 Å². The van der Waals surface area contributed by atoms with Crippen LogP contribution in [0.3, 0.4) is 0 Å². The van der Waals surface area contributed by atoms with Gasteiger partial charge in [0.1, 0.15) is 23.4 Å². The lowest BCUT2D eigenvalue weighted by molar-refractivity contribution is 0.122. The minimum Gasteiger partial charge on any atom is -0.383 e. The first-order chi connectivity index (χ1) is 18.2. The van der Waals surface area contributed by atoms with Gasteiger partial charge in [0, 0.05) is 42.1 Å². The van der Waals surface area contributed by atoms with E-state index in [0.29, 0.717) is 46.4 Å². The summed E-state index contributed by atoms with van der Waals surface area (Å²) in [5.74, 6) is 0.862. The van der Waals surface area contributed by atoms with Crippen molar-refractivity contribution < 1.29 is 4.74 Å². The Morgan fingerprint density at radius 3 is 2.68 bits per heavy atom. The lowest BCUT2D eigenvalue weighted by Gasteiger charge is -2.29. The van der Waals surface area contributed by atoms with Gasteiger partial charge in [0.2, 0.25) is 0 Å². The van der Waals surface area contributed by atoms with Crippen molar-refractivity contribution in [2.45, 2.75) is 0 Å². The second kappa shape index (κ2) is 9.61. The molecule has 0 bridgehead atoms. The van der Waals surface area contributed by atoms with Crippen molar-refractivity contribution in [1.82, 2.24) is 19.5 Å². The lowest BCUT2D eigenvalue weighted by atomic mass is 10.1. The summed E-state index contributed by atoms with van der Waals surface area (Å²) in [4.78, 5) is 20.5. The fourth-order valence-corrected chi connectivity index (χ4v) is 4.96. The van der Waals surface area contributed by atoms with Gasteiger partial charge in [-0.15, -0.1) is 0 Å². The number of halogens is 1. The Bertz CT molecular complexity index is 1660. The lowest BCUT2D eigenvalue weighted by Crippen LogP contribution is -2.36. The number of nitrogens with zero attached hydrogens (tertiary/aromatic N) is 6. The number of fused-ring (bicyclic) bond motifs is 2. The number of para-hydroxylation sites is 1. The van der Waals surface area contributed by atoms with Gasteiger partial charge in [-0.3, -0.25) is 19.9 Å². The van der Waals surface area contributed by atoms with E-state index in [4.69, 9.17) is 32.5 Å². The van der Waals surface area contributed by atoms with Gasteiger partial charge in [0.15, 0.2) is 5.82 Å². The van der Waals surface area contributed by atoms with Gasteiger partial charge < -0.3 is 15.4 Å².